The summed E-state index contributed by atoms with van der Waals surface area (Å²) in [5.41, 5.74) is 0.467. The maximum atomic E-state index is 12.8. The van der Waals surface area contributed by atoms with Crippen molar-refractivity contribution in [2.75, 3.05) is 26.9 Å². The zero-order chi connectivity index (χ0) is 21.7. The molecule has 1 heterocycles. The molecule has 1 fully saturated rings. The van der Waals surface area contributed by atoms with Crippen LogP contribution in [-0.2, 0) is 19.9 Å². The second-order valence-electron chi connectivity index (χ2n) is 7.06. The Kier molecular flexibility index (Phi) is 6.25. The fraction of sp³-hybridized carbons (Fsp3) is 0.318. The van der Waals surface area contributed by atoms with E-state index in [1.165, 1.54) is 0 Å². The summed E-state index contributed by atoms with van der Waals surface area (Å²) in [6.07, 6.45) is 0. The number of urea groups is 1. The highest BCUT2D eigenvalue weighted by Gasteiger charge is 2.49. The highest BCUT2D eigenvalue weighted by atomic mass is 16.6. The van der Waals surface area contributed by atoms with Gasteiger partial charge in [0.1, 0.15) is 36.8 Å². The number of carbonyl (C=O) groups excluding carboxylic acids is 3. The van der Waals surface area contributed by atoms with E-state index in [-0.39, 0.29) is 13.2 Å². The highest BCUT2D eigenvalue weighted by molar-refractivity contribution is 6.08. The number of carbonyl (C=O) groups is 3. The molecule has 0 unspecified atom stereocenters. The number of benzene rings is 2. The van der Waals surface area contributed by atoms with Gasteiger partial charge in [0.2, 0.25) is 0 Å². The number of methoxy groups -OCH3 is 1. The van der Waals surface area contributed by atoms with Gasteiger partial charge in [0.25, 0.3) is 5.91 Å². The van der Waals surface area contributed by atoms with Crippen molar-refractivity contribution in [3.8, 4) is 11.5 Å². The van der Waals surface area contributed by atoms with Gasteiger partial charge in [-0.1, -0.05) is 29.8 Å². The first-order valence-electron chi connectivity index (χ1n) is 9.47. The number of rotatable bonds is 8. The van der Waals surface area contributed by atoms with E-state index in [1.54, 1.807) is 50.4 Å². The summed E-state index contributed by atoms with van der Waals surface area (Å²) in [7, 11) is 1.57. The Morgan fingerprint density at radius 1 is 1.00 bits per heavy atom. The molecule has 158 valence electrons. The molecule has 8 heteroatoms. The van der Waals surface area contributed by atoms with Crippen molar-refractivity contribution < 1.29 is 28.6 Å². The van der Waals surface area contributed by atoms with E-state index in [4.69, 9.17) is 14.2 Å². The lowest BCUT2D eigenvalue weighted by Crippen LogP contribution is -2.41. The molecule has 2 aromatic carbocycles. The first-order valence-corrected chi connectivity index (χ1v) is 9.47. The molecule has 8 nitrogen and oxygen atoms in total. The summed E-state index contributed by atoms with van der Waals surface area (Å²) in [5, 5.41) is 2.66. The Morgan fingerprint density at radius 2 is 1.63 bits per heavy atom. The molecule has 0 saturated carbocycles. The standard InChI is InChI=1S/C22H24N2O6/c1-15-4-6-16(7-5-15)22(2)20(26)24(21(27)23-22)14-19(25)30-13-12-29-18-10-8-17(28-3)9-11-18/h4-11H,12-14H2,1-3H3,(H,23,27)/t22-/m0/s1. The molecule has 1 aliphatic heterocycles. The summed E-state index contributed by atoms with van der Waals surface area (Å²) >= 11 is 0. The monoisotopic (exact) mass is 412 g/mol. The molecule has 3 rings (SSSR count). The van der Waals surface area contributed by atoms with Crippen molar-refractivity contribution in [2.45, 2.75) is 19.4 Å². The third kappa shape index (κ3) is 4.53. The Bertz CT molecular complexity index is 926. The van der Waals surface area contributed by atoms with E-state index < -0.39 is 30.0 Å². The normalized spacial score (nSPS) is 18.2. The van der Waals surface area contributed by atoms with Gasteiger partial charge in [-0.25, -0.2) is 4.79 Å². The van der Waals surface area contributed by atoms with Crippen molar-refractivity contribution in [1.82, 2.24) is 10.2 Å². The first kappa shape index (κ1) is 21.2. The fourth-order valence-corrected chi connectivity index (χ4v) is 3.08. The van der Waals surface area contributed by atoms with Crippen LogP contribution in [0.15, 0.2) is 48.5 Å². The minimum Gasteiger partial charge on any atom is -0.497 e. The third-order valence-electron chi connectivity index (χ3n) is 4.87. The quantitative estimate of drug-likeness (QED) is 0.407. The average Bonchev–Trinajstić information content (AvgIpc) is 2.96. The second kappa shape index (κ2) is 8.86. The lowest BCUT2D eigenvalue weighted by molar-refractivity contribution is -0.148. The molecule has 0 bridgehead atoms. The number of hydrogen-bond acceptors (Lipinski definition) is 6. The third-order valence-corrected chi connectivity index (χ3v) is 4.87. The molecule has 0 aromatic heterocycles. The Labute approximate surface area is 174 Å². The van der Waals surface area contributed by atoms with E-state index in [0.717, 1.165) is 10.5 Å². The molecular formula is C22H24N2O6. The van der Waals surface area contributed by atoms with Crippen LogP contribution in [-0.4, -0.2) is 49.7 Å². The number of aryl methyl sites for hydroxylation is 1. The molecule has 0 radical (unpaired) electrons. The van der Waals surface area contributed by atoms with Crippen molar-refractivity contribution in [2.24, 2.45) is 0 Å². The van der Waals surface area contributed by atoms with Gasteiger partial charge in [-0.15, -0.1) is 0 Å². The molecule has 1 saturated heterocycles. The molecule has 1 atom stereocenters. The summed E-state index contributed by atoms with van der Waals surface area (Å²) in [5.74, 6) is 0.127. The minimum absolute atomic E-state index is 0.0102. The topological polar surface area (TPSA) is 94.2 Å². The predicted octanol–water partition coefficient (Wildman–Crippen LogP) is 2.39. The van der Waals surface area contributed by atoms with Gasteiger partial charge >= 0.3 is 12.0 Å². The molecule has 2 aromatic rings. The zero-order valence-electron chi connectivity index (χ0n) is 17.1. The van der Waals surface area contributed by atoms with Crippen LogP contribution < -0.4 is 14.8 Å². The largest absolute Gasteiger partial charge is 0.497 e. The summed E-state index contributed by atoms with van der Waals surface area (Å²) in [6, 6.07) is 13.6. The van der Waals surface area contributed by atoms with Crippen LogP contribution in [0, 0.1) is 6.92 Å². The van der Waals surface area contributed by atoms with Crippen molar-refractivity contribution in [3.05, 3.63) is 59.7 Å². The number of nitrogens with zero attached hydrogens (tertiary/aromatic N) is 1. The van der Waals surface area contributed by atoms with E-state index in [2.05, 4.69) is 5.32 Å². The number of amides is 3. The van der Waals surface area contributed by atoms with Gasteiger partial charge in [-0.3, -0.25) is 14.5 Å². The summed E-state index contributed by atoms with van der Waals surface area (Å²) < 4.78 is 15.6. The van der Waals surface area contributed by atoms with Crippen molar-refractivity contribution in [3.63, 3.8) is 0 Å². The van der Waals surface area contributed by atoms with Crippen LogP contribution >= 0.6 is 0 Å². The number of imide groups is 1. The lowest BCUT2D eigenvalue weighted by Gasteiger charge is -2.22. The maximum absolute atomic E-state index is 12.8. The second-order valence-corrected chi connectivity index (χ2v) is 7.06. The van der Waals surface area contributed by atoms with Crippen LogP contribution in [0.3, 0.4) is 0 Å². The number of nitrogens with one attached hydrogen (secondary N) is 1. The molecule has 3 amide bonds. The van der Waals surface area contributed by atoms with Gasteiger partial charge in [-0.05, 0) is 43.7 Å². The van der Waals surface area contributed by atoms with Crippen LogP contribution in [0.25, 0.3) is 0 Å². The molecule has 0 aliphatic carbocycles. The van der Waals surface area contributed by atoms with Crippen molar-refractivity contribution in [1.29, 1.82) is 0 Å². The lowest BCUT2D eigenvalue weighted by atomic mass is 9.91. The van der Waals surface area contributed by atoms with Crippen LogP contribution in [0.2, 0.25) is 0 Å². The van der Waals surface area contributed by atoms with E-state index in [9.17, 15) is 14.4 Å². The Balaban J connectivity index is 1.50. The number of esters is 1. The summed E-state index contributed by atoms with van der Waals surface area (Å²) in [4.78, 5) is 38.1. The Morgan fingerprint density at radius 3 is 2.27 bits per heavy atom. The molecule has 30 heavy (non-hydrogen) atoms. The van der Waals surface area contributed by atoms with Gasteiger partial charge in [0, 0.05) is 0 Å². The molecule has 1 N–H and O–H groups in total. The predicted molar refractivity (Wildman–Crippen MR) is 108 cm³/mol. The maximum Gasteiger partial charge on any atom is 0.326 e. The molecule has 1 aliphatic rings. The van der Waals surface area contributed by atoms with Gasteiger partial charge < -0.3 is 19.5 Å². The van der Waals surface area contributed by atoms with Gasteiger partial charge in [-0.2, -0.15) is 0 Å². The van der Waals surface area contributed by atoms with E-state index >= 15 is 0 Å². The zero-order valence-corrected chi connectivity index (χ0v) is 17.1. The smallest absolute Gasteiger partial charge is 0.326 e. The highest BCUT2D eigenvalue weighted by Crippen LogP contribution is 2.28. The average molecular weight is 412 g/mol. The summed E-state index contributed by atoms with van der Waals surface area (Å²) in [6.45, 7) is 3.21. The van der Waals surface area contributed by atoms with Gasteiger partial charge in [0.15, 0.2) is 0 Å². The first-order chi connectivity index (χ1) is 14.3. The van der Waals surface area contributed by atoms with Crippen LogP contribution in [0.5, 0.6) is 11.5 Å². The number of hydrogen-bond donors (Lipinski definition) is 1. The van der Waals surface area contributed by atoms with Crippen molar-refractivity contribution >= 4 is 17.9 Å². The minimum atomic E-state index is -1.22. The fourth-order valence-electron chi connectivity index (χ4n) is 3.08. The molecular weight excluding hydrogens is 388 g/mol. The van der Waals surface area contributed by atoms with Crippen LogP contribution in [0.1, 0.15) is 18.1 Å². The number of ether oxygens (including phenoxy) is 3. The van der Waals surface area contributed by atoms with E-state index in [1.807, 2.05) is 19.1 Å². The SMILES string of the molecule is COc1ccc(OCCOC(=O)CN2C(=O)N[C@@](C)(c3ccc(C)cc3)C2=O)cc1. The van der Waals surface area contributed by atoms with Gasteiger partial charge in [0.05, 0.1) is 7.11 Å². The van der Waals surface area contributed by atoms with E-state index in [0.29, 0.717) is 17.1 Å². The van der Waals surface area contributed by atoms with Crippen LogP contribution in [0.4, 0.5) is 4.79 Å². The molecule has 0 spiro atoms. The Hall–Kier alpha value is -3.55.